The van der Waals surface area contributed by atoms with E-state index in [0.717, 1.165) is 70.2 Å². The summed E-state index contributed by atoms with van der Waals surface area (Å²) in [4.78, 5) is 0. The molecule has 0 fully saturated rings. The van der Waals surface area contributed by atoms with Gasteiger partial charge in [-0.05, 0) is 158 Å². The second-order valence-corrected chi connectivity index (χ2v) is 16.4. The summed E-state index contributed by atoms with van der Waals surface area (Å²) in [5, 5.41) is 11.0. The van der Waals surface area contributed by atoms with Gasteiger partial charge in [-0.3, -0.25) is 0 Å². The average Bonchev–Trinajstić information content (AvgIpc) is 4.11. The Morgan fingerprint density at radius 2 is 0.734 bits per heavy atom. The zero-order chi connectivity index (χ0) is 53.8. The lowest BCUT2D eigenvalue weighted by molar-refractivity contribution is 0.668. The second kappa shape index (κ2) is 12.6. The molecule has 2 heteroatoms. The molecule has 0 bridgehead atoms. The van der Waals surface area contributed by atoms with E-state index in [4.69, 9.17) is 19.8 Å². The Kier molecular flexibility index (Phi) is 4.65. The van der Waals surface area contributed by atoms with Crippen LogP contribution in [0.1, 0.15) is 19.2 Å². The summed E-state index contributed by atoms with van der Waals surface area (Å²) in [6, 6.07) is 32.9. The molecule has 0 N–H and O–H groups in total. The maximum atomic E-state index is 10.3. The average molecular weight is 825 g/mol. The highest BCUT2D eigenvalue weighted by Gasteiger charge is 2.23. The zero-order valence-corrected chi connectivity index (χ0v) is 33.4. The molecule has 0 atom stereocenters. The molecule has 2 nitrogen and oxygen atoms in total. The molecule has 294 valence electrons. The van der Waals surface area contributed by atoms with Crippen molar-refractivity contribution in [3.05, 3.63) is 206 Å². The van der Waals surface area contributed by atoms with E-state index in [-0.39, 0.29) is 66.1 Å². The van der Waals surface area contributed by atoms with Gasteiger partial charge in [0.25, 0.3) is 0 Å². The standard InChI is InChI=1S/C62H34O2/c1-3-13-54-46(11-1)51-31-41(23-29-56(51)63-54)50-33-43(44-25-19-39-17-15-35-7-5-9-37-21-27-48(44)61(39)58(35)37)34-53(60(50)42-24-30-57-52(32-42)47-12-2-4-14-55(47)64-57)45-26-20-40-18-16-36-8-6-10-38-22-28-49(45)62(40)59(36)38/h1-34H/i1D,2D,3D,4D,11D,12D,13D,14D,23D,24D,29D,30D,31D,32D. The number of furan rings is 2. The van der Waals surface area contributed by atoms with Gasteiger partial charge in [0.2, 0.25) is 0 Å². The molecule has 0 aliphatic heterocycles. The fraction of sp³-hybridized carbons (Fsp3) is 0. The van der Waals surface area contributed by atoms with E-state index < -0.39 is 84.6 Å². The lowest BCUT2D eigenvalue weighted by Crippen LogP contribution is -1.95. The van der Waals surface area contributed by atoms with Crippen molar-refractivity contribution in [1.82, 2.24) is 0 Å². The molecule has 64 heavy (non-hydrogen) atoms. The van der Waals surface area contributed by atoms with Gasteiger partial charge in [0.15, 0.2) is 0 Å². The number of benzene rings is 13. The second-order valence-electron chi connectivity index (χ2n) is 16.4. The first-order valence-corrected chi connectivity index (χ1v) is 20.9. The Morgan fingerprint density at radius 3 is 1.33 bits per heavy atom. The Bertz CT molecular complexity index is 5240. The molecule has 0 amide bonds. The van der Waals surface area contributed by atoms with Crippen LogP contribution in [0.25, 0.3) is 153 Å². The van der Waals surface area contributed by atoms with Crippen LogP contribution in [0, 0.1) is 0 Å². The molecule has 0 saturated heterocycles. The van der Waals surface area contributed by atoms with Crippen molar-refractivity contribution < 1.29 is 28.0 Å². The molecule has 15 aromatic rings. The summed E-state index contributed by atoms with van der Waals surface area (Å²) in [6.07, 6.45) is 0. The monoisotopic (exact) mass is 824 g/mol. The fourth-order valence-electron chi connectivity index (χ4n) is 10.3. The van der Waals surface area contributed by atoms with E-state index >= 15 is 0 Å². The van der Waals surface area contributed by atoms with Crippen LogP contribution in [-0.2, 0) is 0 Å². The number of hydrogen-bond donors (Lipinski definition) is 0. The number of hydrogen-bond acceptors (Lipinski definition) is 2. The van der Waals surface area contributed by atoms with Crippen LogP contribution in [0.4, 0.5) is 0 Å². The third kappa shape index (κ3) is 4.69. The largest absolute Gasteiger partial charge is 0.456 e. The van der Waals surface area contributed by atoms with Gasteiger partial charge < -0.3 is 8.83 Å². The van der Waals surface area contributed by atoms with Crippen LogP contribution in [0.15, 0.2) is 215 Å². The molecule has 0 radical (unpaired) electrons. The molecule has 0 unspecified atom stereocenters. The van der Waals surface area contributed by atoms with E-state index in [9.17, 15) is 8.22 Å². The Morgan fingerprint density at radius 1 is 0.297 bits per heavy atom. The van der Waals surface area contributed by atoms with Gasteiger partial charge in [0.1, 0.15) is 22.3 Å². The Labute approximate surface area is 386 Å². The minimum Gasteiger partial charge on any atom is -0.456 e. The lowest BCUT2D eigenvalue weighted by Gasteiger charge is -2.22. The van der Waals surface area contributed by atoms with Gasteiger partial charge in [-0.15, -0.1) is 0 Å². The van der Waals surface area contributed by atoms with Crippen LogP contribution in [0.5, 0.6) is 0 Å². The van der Waals surface area contributed by atoms with Crippen molar-refractivity contribution in [2.24, 2.45) is 0 Å². The molecule has 0 aliphatic rings. The number of para-hydroxylation sites is 2. The van der Waals surface area contributed by atoms with E-state index in [0.29, 0.717) is 16.7 Å². The maximum absolute atomic E-state index is 10.3. The highest BCUT2D eigenvalue weighted by Crippen LogP contribution is 2.50. The first-order chi connectivity index (χ1) is 37.5. The van der Waals surface area contributed by atoms with Crippen molar-refractivity contribution in [3.8, 4) is 44.5 Å². The van der Waals surface area contributed by atoms with Crippen molar-refractivity contribution in [2.75, 3.05) is 0 Å². The predicted molar refractivity (Wildman–Crippen MR) is 270 cm³/mol. The summed E-state index contributed by atoms with van der Waals surface area (Å²) < 4.78 is 142. The lowest BCUT2D eigenvalue weighted by atomic mass is 9.81. The highest BCUT2D eigenvalue weighted by atomic mass is 16.3. The summed E-state index contributed by atoms with van der Waals surface area (Å²) in [7, 11) is 0. The van der Waals surface area contributed by atoms with E-state index in [1.165, 1.54) is 0 Å². The van der Waals surface area contributed by atoms with Crippen LogP contribution >= 0.6 is 0 Å². The van der Waals surface area contributed by atoms with E-state index in [2.05, 4.69) is 42.5 Å². The van der Waals surface area contributed by atoms with Crippen LogP contribution in [-0.4, -0.2) is 0 Å². The van der Waals surface area contributed by atoms with Crippen molar-refractivity contribution in [2.45, 2.75) is 0 Å². The quantitative estimate of drug-likeness (QED) is 0.165. The predicted octanol–water partition coefficient (Wildman–Crippen LogP) is 17.9. The van der Waals surface area contributed by atoms with Gasteiger partial charge in [-0.2, -0.15) is 0 Å². The smallest absolute Gasteiger partial charge is 0.135 e. The molecule has 2 aromatic heterocycles. The molecule has 2 heterocycles. The van der Waals surface area contributed by atoms with Gasteiger partial charge in [-0.1, -0.05) is 158 Å². The van der Waals surface area contributed by atoms with E-state index in [1.807, 2.05) is 72.8 Å². The molecular formula is C62H34O2. The molecule has 0 spiro atoms. The zero-order valence-electron chi connectivity index (χ0n) is 47.4. The Hall–Kier alpha value is -8.46. The SMILES string of the molecule is [2H]c1c([2H])c([2H])c2c(oc3c([2H])c([2H])c(-c4cc(-c5ccc6ccc7cccc8ccc5c6c78)cc(-c5ccc6ccc7cccc8ccc5c6c78)c4-c4c([2H])c([2H])c5oc6c([2H])c([2H])c([2H])c([2H])c6c5c4[2H])c([2H])c32)c1[2H]. The number of rotatable bonds is 4. The minimum absolute atomic E-state index is 0.0647. The molecular weight excluding hydrogens is 777 g/mol. The third-order valence-corrected chi connectivity index (χ3v) is 13.1. The van der Waals surface area contributed by atoms with Crippen LogP contribution in [0.2, 0.25) is 0 Å². The molecule has 0 aliphatic carbocycles. The summed E-state index contributed by atoms with van der Waals surface area (Å²) >= 11 is 0. The van der Waals surface area contributed by atoms with Gasteiger partial charge >= 0.3 is 0 Å². The molecule has 0 saturated carbocycles. The van der Waals surface area contributed by atoms with Crippen molar-refractivity contribution >= 4 is 109 Å². The summed E-state index contributed by atoms with van der Waals surface area (Å²) in [6.45, 7) is 0. The summed E-state index contributed by atoms with van der Waals surface area (Å²) in [5.74, 6) is 0. The van der Waals surface area contributed by atoms with Gasteiger partial charge in [0.05, 0.1) is 19.2 Å². The van der Waals surface area contributed by atoms with Gasteiger partial charge in [0, 0.05) is 21.5 Å². The third-order valence-electron chi connectivity index (χ3n) is 13.1. The van der Waals surface area contributed by atoms with Crippen LogP contribution < -0.4 is 0 Å². The molecule has 13 aromatic carbocycles. The van der Waals surface area contributed by atoms with Crippen molar-refractivity contribution in [3.63, 3.8) is 0 Å². The van der Waals surface area contributed by atoms with E-state index in [1.54, 1.807) is 6.07 Å². The topological polar surface area (TPSA) is 26.3 Å². The molecule has 15 rings (SSSR count). The van der Waals surface area contributed by atoms with Gasteiger partial charge in [-0.25, -0.2) is 0 Å². The first-order valence-electron chi connectivity index (χ1n) is 27.9. The van der Waals surface area contributed by atoms with Crippen molar-refractivity contribution in [1.29, 1.82) is 0 Å². The first kappa shape index (κ1) is 23.7. The number of fused-ring (bicyclic) bond motifs is 6. The Balaban J connectivity index is 1.19. The summed E-state index contributed by atoms with van der Waals surface area (Å²) in [5.41, 5.74) is 0.883. The fourth-order valence-corrected chi connectivity index (χ4v) is 10.3. The highest BCUT2D eigenvalue weighted by molar-refractivity contribution is 6.28. The normalized spacial score (nSPS) is 15.4. The van der Waals surface area contributed by atoms with Crippen LogP contribution in [0.3, 0.4) is 0 Å². The maximum Gasteiger partial charge on any atom is 0.135 e. The minimum atomic E-state index is -0.593.